The van der Waals surface area contributed by atoms with Gasteiger partial charge in [0.2, 0.25) is 5.91 Å². The molecule has 146 valence electrons. The highest BCUT2D eigenvalue weighted by Crippen LogP contribution is 2.17. The van der Waals surface area contributed by atoms with Gasteiger partial charge in [-0.15, -0.1) is 5.10 Å². The zero-order chi connectivity index (χ0) is 19.4. The Labute approximate surface area is 160 Å². The highest BCUT2D eigenvalue weighted by molar-refractivity contribution is 5.93. The molecule has 1 atom stereocenters. The average molecular weight is 371 g/mol. The van der Waals surface area contributed by atoms with Gasteiger partial charge in [0, 0.05) is 38.3 Å². The molecular formula is C19H29N7O. The fraction of sp³-hybridized carbons (Fsp3) is 0.579. The van der Waals surface area contributed by atoms with E-state index in [-0.39, 0.29) is 18.0 Å². The molecule has 1 fully saturated rings. The minimum Gasteiger partial charge on any atom is -0.354 e. The summed E-state index contributed by atoms with van der Waals surface area (Å²) in [5.41, 5.74) is 0.918. The number of rotatable bonds is 5. The summed E-state index contributed by atoms with van der Waals surface area (Å²) in [5.74, 6) is 1.65. The Bertz CT molecular complexity index is 756. The van der Waals surface area contributed by atoms with Gasteiger partial charge in [0.25, 0.3) is 0 Å². The van der Waals surface area contributed by atoms with Crippen molar-refractivity contribution in [2.24, 2.45) is 0 Å². The van der Waals surface area contributed by atoms with Crippen molar-refractivity contribution in [2.75, 3.05) is 36.4 Å². The molecule has 1 saturated heterocycles. The van der Waals surface area contributed by atoms with Crippen LogP contribution in [0.5, 0.6) is 0 Å². The van der Waals surface area contributed by atoms with Crippen LogP contribution in [0.1, 0.15) is 38.9 Å². The molecule has 0 aliphatic carbocycles. The van der Waals surface area contributed by atoms with Crippen molar-refractivity contribution in [1.82, 2.24) is 24.9 Å². The lowest BCUT2D eigenvalue weighted by molar-refractivity contribution is -0.120. The molecule has 0 bridgehead atoms. The summed E-state index contributed by atoms with van der Waals surface area (Å²) < 4.78 is 1.82. The Kier molecular flexibility index (Phi) is 6.05. The number of aryl methyl sites for hydroxylation is 1. The van der Waals surface area contributed by atoms with Gasteiger partial charge >= 0.3 is 0 Å². The first-order valence-electron chi connectivity index (χ1n) is 9.59. The van der Waals surface area contributed by atoms with E-state index in [1.165, 1.54) is 0 Å². The fourth-order valence-corrected chi connectivity index (χ4v) is 3.34. The molecule has 1 aliphatic heterocycles. The lowest BCUT2D eigenvalue weighted by Gasteiger charge is -2.27. The van der Waals surface area contributed by atoms with Crippen LogP contribution in [-0.2, 0) is 4.79 Å². The topological polar surface area (TPSA) is 79.2 Å². The molecular weight excluding hydrogens is 342 g/mol. The number of anilines is 2. The monoisotopic (exact) mass is 371 g/mol. The maximum Gasteiger partial charge on any atom is 0.242 e. The second-order valence-electron chi connectivity index (χ2n) is 7.33. The summed E-state index contributed by atoms with van der Waals surface area (Å²) in [6.07, 6.45) is 2.70. The number of aromatic nitrogens is 4. The number of carbonyl (C=O) groups excluding carboxylic acids is 1. The summed E-state index contributed by atoms with van der Waals surface area (Å²) >= 11 is 0. The van der Waals surface area contributed by atoms with Gasteiger partial charge in [0.05, 0.1) is 17.9 Å². The van der Waals surface area contributed by atoms with Gasteiger partial charge < -0.3 is 10.2 Å². The van der Waals surface area contributed by atoms with Gasteiger partial charge in [-0.1, -0.05) is 0 Å². The van der Waals surface area contributed by atoms with Crippen molar-refractivity contribution in [3.05, 3.63) is 30.1 Å². The summed E-state index contributed by atoms with van der Waals surface area (Å²) in [4.78, 5) is 17.2. The Hall–Kier alpha value is -2.48. The van der Waals surface area contributed by atoms with E-state index in [0.717, 1.165) is 49.9 Å². The van der Waals surface area contributed by atoms with Crippen LogP contribution >= 0.6 is 0 Å². The van der Waals surface area contributed by atoms with E-state index in [2.05, 4.69) is 30.4 Å². The molecule has 8 heteroatoms. The molecule has 1 N–H and O–H groups in total. The Morgan fingerprint density at radius 1 is 1.07 bits per heavy atom. The molecule has 27 heavy (non-hydrogen) atoms. The summed E-state index contributed by atoms with van der Waals surface area (Å²) in [6, 6.07) is 5.84. The van der Waals surface area contributed by atoms with Crippen LogP contribution in [-0.4, -0.2) is 63.0 Å². The molecule has 2 aromatic heterocycles. The highest BCUT2D eigenvalue weighted by Gasteiger charge is 2.25. The first-order chi connectivity index (χ1) is 13.0. The molecule has 2 aromatic rings. The van der Waals surface area contributed by atoms with E-state index in [0.29, 0.717) is 0 Å². The van der Waals surface area contributed by atoms with Crippen molar-refractivity contribution in [2.45, 2.75) is 46.2 Å². The van der Waals surface area contributed by atoms with E-state index in [9.17, 15) is 4.79 Å². The molecule has 1 aliphatic rings. The van der Waals surface area contributed by atoms with Gasteiger partial charge in [0.15, 0.2) is 5.82 Å². The molecule has 0 radical (unpaired) electrons. The third-order valence-corrected chi connectivity index (χ3v) is 4.98. The van der Waals surface area contributed by atoms with Gasteiger partial charge in [0.1, 0.15) is 5.82 Å². The fourth-order valence-electron chi connectivity index (χ4n) is 3.34. The smallest absolute Gasteiger partial charge is 0.242 e. The molecule has 3 rings (SSSR count). The third kappa shape index (κ3) is 4.63. The normalized spacial score (nSPS) is 17.0. The van der Waals surface area contributed by atoms with E-state index in [1.54, 1.807) is 6.20 Å². The molecule has 3 heterocycles. The number of hydrogen-bond acceptors (Lipinski definition) is 6. The lowest BCUT2D eigenvalue weighted by atomic mass is 10.2. The Balaban J connectivity index is 1.60. The molecule has 1 amide bonds. The van der Waals surface area contributed by atoms with Crippen molar-refractivity contribution in [3.8, 4) is 0 Å². The zero-order valence-electron chi connectivity index (χ0n) is 16.6. The van der Waals surface area contributed by atoms with Crippen LogP contribution in [0.25, 0.3) is 0 Å². The minimum atomic E-state index is -0.204. The number of hydrogen-bond donors (Lipinski definition) is 1. The van der Waals surface area contributed by atoms with Crippen molar-refractivity contribution in [3.63, 3.8) is 0 Å². The largest absolute Gasteiger partial charge is 0.354 e. The molecule has 0 spiro atoms. The number of nitrogens with one attached hydrogen (secondary N) is 1. The van der Waals surface area contributed by atoms with Crippen molar-refractivity contribution >= 4 is 17.5 Å². The van der Waals surface area contributed by atoms with Gasteiger partial charge in [-0.3, -0.25) is 9.69 Å². The second kappa shape index (κ2) is 8.47. The number of nitrogens with zero attached hydrogens (tertiary/aromatic N) is 6. The SMILES string of the molecule is Cc1ccc(N2CCCN([C@@H](C)C(=O)Nc3ccnn3C(C)C)CC2)nn1. The van der Waals surface area contributed by atoms with E-state index in [1.807, 2.05) is 50.6 Å². The van der Waals surface area contributed by atoms with Crippen LogP contribution in [0.2, 0.25) is 0 Å². The zero-order valence-corrected chi connectivity index (χ0v) is 16.6. The molecule has 0 unspecified atom stereocenters. The average Bonchev–Trinajstić information content (AvgIpc) is 2.97. The van der Waals surface area contributed by atoms with Gasteiger partial charge in [-0.25, -0.2) is 4.68 Å². The predicted octanol–water partition coefficient (Wildman–Crippen LogP) is 2.10. The minimum absolute atomic E-state index is 0.000905. The summed E-state index contributed by atoms with van der Waals surface area (Å²) in [6.45, 7) is 11.4. The van der Waals surface area contributed by atoms with Crippen LogP contribution in [0, 0.1) is 6.92 Å². The van der Waals surface area contributed by atoms with Crippen LogP contribution < -0.4 is 10.2 Å². The van der Waals surface area contributed by atoms with Gasteiger partial charge in [-0.05, 0) is 46.2 Å². The van der Waals surface area contributed by atoms with E-state index in [4.69, 9.17) is 0 Å². The first-order valence-corrected chi connectivity index (χ1v) is 9.59. The van der Waals surface area contributed by atoms with Gasteiger partial charge in [-0.2, -0.15) is 10.2 Å². The Morgan fingerprint density at radius 3 is 2.59 bits per heavy atom. The van der Waals surface area contributed by atoms with E-state index >= 15 is 0 Å². The molecule has 0 aromatic carbocycles. The predicted molar refractivity (Wildman–Crippen MR) is 106 cm³/mol. The van der Waals surface area contributed by atoms with Crippen LogP contribution in [0.15, 0.2) is 24.4 Å². The van der Waals surface area contributed by atoms with Crippen molar-refractivity contribution in [1.29, 1.82) is 0 Å². The standard InChI is InChI=1S/C19H29N7O/c1-14(2)26-17(8-9-20-26)21-19(27)16(4)24-10-5-11-25(13-12-24)18-7-6-15(3)22-23-18/h6-9,14,16H,5,10-13H2,1-4H3,(H,21,27)/t16-/m0/s1. The van der Waals surface area contributed by atoms with Crippen LogP contribution in [0.3, 0.4) is 0 Å². The summed E-state index contributed by atoms with van der Waals surface area (Å²) in [7, 11) is 0. The summed E-state index contributed by atoms with van der Waals surface area (Å²) in [5, 5.41) is 15.7. The first kappa shape index (κ1) is 19.3. The lowest BCUT2D eigenvalue weighted by Crippen LogP contribution is -2.44. The number of carbonyl (C=O) groups is 1. The quantitative estimate of drug-likeness (QED) is 0.867. The van der Waals surface area contributed by atoms with Crippen LogP contribution in [0.4, 0.5) is 11.6 Å². The molecule has 8 nitrogen and oxygen atoms in total. The maximum atomic E-state index is 12.8. The second-order valence-corrected chi connectivity index (χ2v) is 7.33. The highest BCUT2D eigenvalue weighted by atomic mass is 16.2. The van der Waals surface area contributed by atoms with Crippen molar-refractivity contribution < 1.29 is 4.79 Å². The Morgan fingerprint density at radius 2 is 1.89 bits per heavy atom. The molecule has 0 saturated carbocycles. The third-order valence-electron chi connectivity index (χ3n) is 4.98. The maximum absolute atomic E-state index is 12.8. The van der Waals surface area contributed by atoms with E-state index < -0.39 is 0 Å². The number of amides is 1.